The van der Waals surface area contributed by atoms with Crippen molar-refractivity contribution in [2.75, 3.05) is 4.90 Å². The lowest BCUT2D eigenvalue weighted by Crippen LogP contribution is -2.27. The van der Waals surface area contributed by atoms with E-state index in [0.29, 0.717) is 27.6 Å². The number of hydrogen-bond acceptors (Lipinski definition) is 2. The van der Waals surface area contributed by atoms with Gasteiger partial charge in [-0.3, -0.25) is 14.5 Å². The van der Waals surface area contributed by atoms with Crippen LogP contribution in [0.5, 0.6) is 0 Å². The number of nitrogens with zero attached hydrogens (tertiary/aromatic N) is 1. The van der Waals surface area contributed by atoms with Crippen LogP contribution in [0.3, 0.4) is 0 Å². The Hall–Kier alpha value is -3.35. The van der Waals surface area contributed by atoms with E-state index in [1.807, 2.05) is 36.4 Å². The van der Waals surface area contributed by atoms with Crippen LogP contribution in [0.4, 0.5) is 5.69 Å². The van der Waals surface area contributed by atoms with Gasteiger partial charge < -0.3 is 0 Å². The Balaban J connectivity index is 1.73. The summed E-state index contributed by atoms with van der Waals surface area (Å²) in [6, 6.07) is 15.0. The summed E-state index contributed by atoms with van der Waals surface area (Å²) >= 11 is 6.51. The van der Waals surface area contributed by atoms with Crippen LogP contribution < -0.4 is 4.90 Å². The Kier molecular flexibility index (Phi) is 4.50. The van der Waals surface area contributed by atoms with Gasteiger partial charge in [-0.15, -0.1) is 0 Å². The quantitative estimate of drug-likeness (QED) is 0.660. The SMILES string of the molecule is CC1=C2C=CC(=O)C(C)=C2N(c2ccc(C#Cc3ccccc3)cc2Cl)C1=O. The van der Waals surface area contributed by atoms with Gasteiger partial charge in [0.05, 0.1) is 16.4 Å². The van der Waals surface area contributed by atoms with E-state index < -0.39 is 0 Å². The molecule has 4 heteroatoms. The number of hydrogen-bond donors (Lipinski definition) is 0. The number of allylic oxidation sites excluding steroid dienone is 3. The minimum absolute atomic E-state index is 0.104. The van der Waals surface area contributed by atoms with E-state index in [1.54, 1.807) is 32.1 Å². The molecule has 0 saturated carbocycles. The van der Waals surface area contributed by atoms with Gasteiger partial charge in [0.2, 0.25) is 0 Å². The third-order valence-electron chi connectivity index (χ3n) is 4.85. The summed E-state index contributed by atoms with van der Waals surface area (Å²) in [4.78, 5) is 26.5. The highest BCUT2D eigenvalue weighted by atomic mass is 35.5. The monoisotopic (exact) mass is 385 g/mol. The molecule has 1 amide bonds. The number of fused-ring (bicyclic) bond motifs is 1. The second kappa shape index (κ2) is 6.99. The van der Waals surface area contributed by atoms with Gasteiger partial charge in [-0.05, 0) is 56.3 Å². The smallest absolute Gasteiger partial charge is 0.259 e. The maximum Gasteiger partial charge on any atom is 0.259 e. The molecule has 136 valence electrons. The second-order valence-electron chi connectivity index (χ2n) is 6.63. The van der Waals surface area contributed by atoms with E-state index in [-0.39, 0.29) is 11.7 Å². The van der Waals surface area contributed by atoms with Crippen molar-refractivity contribution in [2.45, 2.75) is 13.8 Å². The predicted molar refractivity (Wildman–Crippen MR) is 111 cm³/mol. The zero-order valence-electron chi connectivity index (χ0n) is 15.4. The zero-order chi connectivity index (χ0) is 19.8. The largest absolute Gasteiger partial charge is 0.290 e. The third-order valence-corrected chi connectivity index (χ3v) is 5.15. The molecular formula is C24H16ClNO2. The number of carbonyl (C=O) groups is 2. The normalized spacial score (nSPS) is 15.8. The number of rotatable bonds is 1. The van der Waals surface area contributed by atoms with Crippen LogP contribution in [0.25, 0.3) is 0 Å². The first-order valence-electron chi connectivity index (χ1n) is 8.83. The fourth-order valence-corrected chi connectivity index (χ4v) is 3.58. The fourth-order valence-electron chi connectivity index (χ4n) is 3.32. The molecule has 28 heavy (non-hydrogen) atoms. The van der Waals surface area contributed by atoms with Gasteiger partial charge in [-0.2, -0.15) is 0 Å². The van der Waals surface area contributed by atoms with Crippen LogP contribution in [0, 0.1) is 11.8 Å². The molecule has 0 aromatic heterocycles. The van der Waals surface area contributed by atoms with Crippen molar-refractivity contribution >= 4 is 29.0 Å². The minimum Gasteiger partial charge on any atom is -0.290 e. The van der Waals surface area contributed by atoms with Crippen molar-refractivity contribution in [3.8, 4) is 11.8 Å². The van der Waals surface area contributed by atoms with Crippen LogP contribution in [0.1, 0.15) is 25.0 Å². The number of carbonyl (C=O) groups excluding carboxylic acids is 2. The van der Waals surface area contributed by atoms with Gasteiger partial charge >= 0.3 is 0 Å². The Morgan fingerprint density at radius 3 is 2.29 bits per heavy atom. The summed E-state index contributed by atoms with van der Waals surface area (Å²) in [7, 11) is 0. The maximum absolute atomic E-state index is 12.9. The fraction of sp³-hybridized carbons (Fsp3) is 0.0833. The molecule has 1 heterocycles. The van der Waals surface area contributed by atoms with Crippen LogP contribution >= 0.6 is 11.6 Å². The predicted octanol–water partition coefficient (Wildman–Crippen LogP) is 4.82. The molecular weight excluding hydrogens is 370 g/mol. The molecule has 2 aromatic rings. The highest BCUT2D eigenvalue weighted by Gasteiger charge is 2.37. The van der Waals surface area contributed by atoms with Gasteiger partial charge in [0.15, 0.2) is 5.78 Å². The van der Waals surface area contributed by atoms with E-state index in [2.05, 4.69) is 11.8 Å². The van der Waals surface area contributed by atoms with E-state index in [0.717, 1.165) is 16.7 Å². The molecule has 0 radical (unpaired) electrons. The molecule has 0 N–H and O–H groups in total. The van der Waals surface area contributed by atoms with Gasteiger partial charge in [0.1, 0.15) is 0 Å². The summed E-state index contributed by atoms with van der Waals surface area (Å²) in [5.41, 5.74) is 4.72. The first kappa shape index (κ1) is 18.0. The number of benzene rings is 2. The summed E-state index contributed by atoms with van der Waals surface area (Å²) in [5, 5.41) is 0.407. The van der Waals surface area contributed by atoms with E-state index in [4.69, 9.17) is 11.6 Å². The summed E-state index contributed by atoms with van der Waals surface area (Å²) in [6.45, 7) is 3.49. The highest BCUT2D eigenvalue weighted by Crippen LogP contribution is 2.41. The van der Waals surface area contributed by atoms with Gasteiger partial charge in [0, 0.05) is 27.8 Å². The molecule has 0 unspecified atom stereocenters. The topological polar surface area (TPSA) is 37.4 Å². The molecule has 2 aliphatic rings. The Labute approximate surface area is 168 Å². The summed E-state index contributed by atoms with van der Waals surface area (Å²) in [6.07, 6.45) is 3.20. The molecule has 0 bridgehead atoms. The minimum atomic E-state index is -0.172. The summed E-state index contributed by atoms with van der Waals surface area (Å²) in [5.74, 6) is 5.90. The highest BCUT2D eigenvalue weighted by molar-refractivity contribution is 6.35. The maximum atomic E-state index is 12.9. The Morgan fingerprint density at radius 2 is 1.57 bits per heavy atom. The molecule has 0 fully saturated rings. The molecule has 0 spiro atoms. The first-order chi connectivity index (χ1) is 13.5. The molecule has 0 atom stereocenters. The first-order valence-corrected chi connectivity index (χ1v) is 9.21. The lowest BCUT2D eigenvalue weighted by molar-refractivity contribution is -0.114. The number of anilines is 1. The molecule has 2 aromatic carbocycles. The van der Waals surface area contributed by atoms with Crippen LogP contribution in [-0.4, -0.2) is 11.7 Å². The lowest BCUT2D eigenvalue weighted by atomic mass is 9.97. The summed E-state index contributed by atoms with van der Waals surface area (Å²) < 4.78 is 0. The average molecular weight is 386 g/mol. The van der Waals surface area contributed by atoms with Gasteiger partial charge in [0.25, 0.3) is 5.91 Å². The van der Waals surface area contributed by atoms with E-state index in [1.165, 1.54) is 11.0 Å². The lowest BCUT2D eigenvalue weighted by Gasteiger charge is -2.24. The third kappa shape index (κ3) is 2.98. The van der Waals surface area contributed by atoms with Crippen molar-refractivity contribution in [3.05, 3.63) is 99.2 Å². The Morgan fingerprint density at radius 1 is 0.857 bits per heavy atom. The number of amides is 1. The number of ketones is 1. The molecule has 0 saturated heterocycles. The van der Waals surface area contributed by atoms with Crippen molar-refractivity contribution < 1.29 is 9.59 Å². The molecule has 3 nitrogen and oxygen atoms in total. The zero-order valence-corrected chi connectivity index (χ0v) is 16.2. The van der Waals surface area contributed by atoms with Crippen molar-refractivity contribution in [1.29, 1.82) is 0 Å². The average Bonchev–Trinajstić information content (AvgIpc) is 2.95. The molecule has 1 aliphatic carbocycles. The van der Waals surface area contributed by atoms with Crippen molar-refractivity contribution in [3.63, 3.8) is 0 Å². The molecule has 4 rings (SSSR count). The molecule has 1 aliphatic heterocycles. The number of halogens is 1. The Bertz CT molecular complexity index is 1170. The van der Waals surface area contributed by atoms with Crippen LogP contribution in [-0.2, 0) is 9.59 Å². The van der Waals surface area contributed by atoms with Crippen LogP contribution in [0.2, 0.25) is 5.02 Å². The van der Waals surface area contributed by atoms with Gasteiger partial charge in [-0.1, -0.05) is 41.6 Å². The van der Waals surface area contributed by atoms with E-state index in [9.17, 15) is 9.59 Å². The van der Waals surface area contributed by atoms with E-state index >= 15 is 0 Å². The van der Waals surface area contributed by atoms with Crippen molar-refractivity contribution in [1.82, 2.24) is 0 Å². The standard InChI is InChI=1S/C24H16ClNO2/c1-15-19-11-13-22(27)16(2)23(19)26(24(15)28)21-12-10-18(14-20(21)25)9-8-17-6-4-3-5-7-17/h3-7,10-14H,1-2H3. The van der Waals surface area contributed by atoms with Crippen molar-refractivity contribution in [2.24, 2.45) is 0 Å². The van der Waals surface area contributed by atoms with Gasteiger partial charge in [-0.25, -0.2) is 0 Å². The van der Waals surface area contributed by atoms with Crippen LogP contribution in [0.15, 0.2) is 83.1 Å². The second-order valence-corrected chi connectivity index (χ2v) is 7.04.